The lowest BCUT2D eigenvalue weighted by Gasteiger charge is -2.12. The molecule has 0 heterocycles. The molecular weight excluding hydrogens is 244 g/mol. The molecule has 4 N–H and O–H groups in total. The summed E-state index contributed by atoms with van der Waals surface area (Å²) in [4.78, 5) is 21.9. The minimum absolute atomic E-state index is 0.223. The number of esters is 1. The lowest BCUT2D eigenvalue weighted by atomic mass is 10.1. The zero-order valence-electron chi connectivity index (χ0n) is 10.8. The van der Waals surface area contributed by atoms with Crippen LogP contribution in [0.25, 0.3) is 0 Å². The molecule has 0 aliphatic carbocycles. The van der Waals surface area contributed by atoms with Gasteiger partial charge in [-0.2, -0.15) is 0 Å². The van der Waals surface area contributed by atoms with Crippen molar-refractivity contribution in [3.8, 4) is 0 Å². The molecule has 2 atom stereocenters. The van der Waals surface area contributed by atoms with Gasteiger partial charge < -0.3 is 21.0 Å². The maximum absolute atomic E-state index is 11.6. The van der Waals surface area contributed by atoms with Crippen LogP contribution in [0.15, 0.2) is 30.3 Å². The first kappa shape index (κ1) is 15.3. The summed E-state index contributed by atoms with van der Waals surface area (Å²) in [6.07, 6.45) is 2.32. The zero-order chi connectivity index (χ0) is 14.1. The molecule has 1 rings (SSSR count). The van der Waals surface area contributed by atoms with E-state index in [1.165, 1.54) is 0 Å². The fourth-order valence-electron chi connectivity index (χ4n) is 1.60. The maximum atomic E-state index is 11.6. The monoisotopic (exact) mass is 264 g/mol. The summed E-state index contributed by atoms with van der Waals surface area (Å²) in [6.45, 7) is 0.223. The number of hydrogen-bond acceptors (Lipinski definition) is 5. The minimum atomic E-state index is -0.664. The van der Waals surface area contributed by atoms with E-state index >= 15 is 0 Å². The van der Waals surface area contributed by atoms with Crippen LogP contribution < -0.4 is 11.5 Å². The van der Waals surface area contributed by atoms with Gasteiger partial charge in [0.15, 0.2) is 0 Å². The van der Waals surface area contributed by atoms with Gasteiger partial charge in [-0.25, -0.2) is 0 Å². The molecule has 5 nitrogen and oxygen atoms in total. The van der Waals surface area contributed by atoms with Crippen molar-refractivity contribution < 1.29 is 14.3 Å². The Bertz CT molecular complexity index is 395. The Morgan fingerprint density at radius 1 is 1.21 bits per heavy atom. The van der Waals surface area contributed by atoms with Crippen LogP contribution in [0.4, 0.5) is 0 Å². The highest BCUT2D eigenvalue weighted by Gasteiger charge is 2.15. The van der Waals surface area contributed by atoms with Crippen molar-refractivity contribution in [1.29, 1.82) is 0 Å². The molecule has 0 fully saturated rings. The van der Waals surface area contributed by atoms with Gasteiger partial charge in [0.2, 0.25) is 0 Å². The summed E-state index contributed by atoms with van der Waals surface area (Å²) in [7, 11) is 0. The van der Waals surface area contributed by atoms with E-state index in [9.17, 15) is 9.59 Å². The summed E-state index contributed by atoms with van der Waals surface area (Å²) in [6, 6.07) is 8.26. The van der Waals surface area contributed by atoms with Gasteiger partial charge in [-0.3, -0.25) is 4.79 Å². The van der Waals surface area contributed by atoms with Gasteiger partial charge >= 0.3 is 5.97 Å². The highest BCUT2D eigenvalue weighted by Crippen LogP contribution is 2.05. The van der Waals surface area contributed by atoms with Gasteiger partial charge in [-0.05, 0) is 24.8 Å². The largest absolute Gasteiger partial charge is 0.460 e. The van der Waals surface area contributed by atoms with Crippen LogP contribution in [-0.4, -0.2) is 24.3 Å². The average molecular weight is 264 g/mol. The zero-order valence-corrected chi connectivity index (χ0v) is 10.8. The van der Waals surface area contributed by atoms with E-state index in [0.717, 1.165) is 5.56 Å². The topological polar surface area (TPSA) is 95.4 Å². The molecule has 0 saturated heterocycles. The van der Waals surface area contributed by atoms with E-state index < -0.39 is 18.1 Å². The number of benzene rings is 1. The Morgan fingerprint density at radius 2 is 1.89 bits per heavy atom. The maximum Gasteiger partial charge on any atom is 0.323 e. The number of carbonyl (C=O) groups is 2. The molecular formula is C14H20N2O3. The fourth-order valence-corrected chi connectivity index (χ4v) is 1.60. The van der Waals surface area contributed by atoms with Crippen LogP contribution in [0.3, 0.4) is 0 Å². The third kappa shape index (κ3) is 6.13. The smallest absolute Gasteiger partial charge is 0.323 e. The Balaban J connectivity index is 2.23. The summed E-state index contributed by atoms with van der Waals surface area (Å²) >= 11 is 0. The molecule has 104 valence electrons. The van der Waals surface area contributed by atoms with Gasteiger partial charge in [0, 0.05) is 0 Å². The van der Waals surface area contributed by atoms with Crippen molar-refractivity contribution in [2.24, 2.45) is 11.5 Å². The van der Waals surface area contributed by atoms with Crippen LogP contribution in [0.5, 0.6) is 0 Å². The van der Waals surface area contributed by atoms with Crippen LogP contribution in [0.1, 0.15) is 24.8 Å². The van der Waals surface area contributed by atoms with Crippen molar-refractivity contribution in [2.45, 2.75) is 38.0 Å². The second-order valence-corrected chi connectivity index (χ2v) is 4.43. The Morgan fingerprint density at radius 3 is 2.53 bits per heavy atom. The second-order valence-electron chi connectivity index (χ2n) is 4.43. The molecule has 0 spiro atoms. The molecule has 19 heavy (non-hydrogen) atoms. The summed E-state index contributed by atoms with van der Waals surface area (Å²) in [5.41, 5.74) is 12.1. The van der Waals surface area contributed by atoms with E-state index in [1.807, 2.05) is 30.3 Å². The van der Waals surface area contributed by atoms with Crippen molar-refractivity contribution >= 4 is 12.3 Å². The number of aldehydes is 1. The molecule has 0 saturated carbocycles. The van der Waals surface area contributed by atoms with Gasteiger partial charge in [-0.15, -0.1) is 0 Å². The molecule has 1 unspecified atom stereocenters. The lowest BCUT2D eigenvalue weighted by Crippen LogP contribution is -2.32. The Labute approximate surface area is 112 Å². The van der Waals surface area contributed by atoms with Gasteiger partial charge in [0.05, 0.1) is 6.04 Å². The lowest BCUT2D eigenvalue weighted by molar-refractivity contribution is -0.146. The molecule has 1 aromatic rings. The van der Waals surface area contributed by atoms with Crippen LogP contribution in [0, 0.1) is 0 Å². The van der Waals surface area contributed by atoms with E-state index in [0.29, 0.717) is 25.5 Å². The van der Waals surface area contributed by atoms with Crippen molar-refractivity contribution in [1.82, 2.24) is 0 Å². The van der Waals surface area contributed by atoms with Crippen LogP contribution >= 0.6 is 0 Å². The first-order valence-electron chi connectivity index (χ1n) is 6.30. The highest BCUT2D eigenvalue weighted by atomic mass is 16.5. The first-order chi connectivity index (χ1) is 9.13. The van der Waals surface area contributed by atoms with Crippen LogP contribution in [-0.2, 0) is 20.9 Å². The van der Waals surface area contributed by atoms with Gasteiger partial charge in [0.25, 0.3) is 0 Å². The number of hydrogen-bond donors (Lipinski definition) is 2. The third-order valence-corrected chi connectivity index (χ3v) is 2.75. The fraction of sp³-hybridized carbons (Fsp3) is 0.429. The van der Waals surface area contributed by atoms with Crippen LogP contribution in [0.2, 0.25) is 0 Å². The minimum Gasteiger partial charge on any atom is -0.460 e. The molecule has 0 aliphatic rings. The van der Waals surface area contributed by atoms with Crippen molar-refractivity contribution in [3.05, 3.63) is 35.9 Å². The highest BCUT2D eigenvalue weighted by molar-refractivity contribution is 5.75. The molecule has 0 amide bonds. The molecule has 0 bridgehead atoms. The Kier molecular flexibility index (Phi) is 6.78. The SMILES string of the molecule is NC(C=O)CCC[C@H](N)C(=O)OCc1ccccc1. The van der Waals surface area contributed by atoms with E-state index in [4.69, 9.17) is 16.2 Å². The molecule has 1 aromatic carbocycles. The standard InChI is InChI=1S/C14H20N2O3/c15-12(9-17)7-4-8-13(16)14(18)19-10-11-5-2-1-3-6-11/h1-3,5-6,9,12-13H,4,7-8,10,15-16H2/t12?,13-/m0/s1. The van der Waals surface area contributed by atoms with E-state index in [2.05, 4.69) is 0 Å². The number of ether oxygens (including phenoxy) is 1. The predicted molar refractivity (Wildman–Crippen MR) is 72.1 cm³/mol. The van der Waals surface area contributed by atoms with Crippen molar-refractivity contribution in [3.63, 3.8) is 0 Å². The van der Waals surface area contributed by atoms with Gasteiger partial charge in [0.1, 0.15) is 18.9 Å². The molecule has 5 heteroatoms. The second kappa shape index (κ2) is 8.39. The molecule has 0 radical (unpaired) electrons. The average Bonchev–Trinajstić information content (AvgIpc) is 2.45. The van der Waals surface area contributed by atoms with Gasteiger partial charge in [-0.1, -0.05) is 30.3 Å². The first-order valence-corrected chi connectivity index (χ1v) is 6.30. The van der Waals surface area contributed by atoms with Crippen molar-refractivity contribution in [2.75, 3.05) is 0 Å². The third-order valence-electron chi connectivity index (χ3n) is 2.75. The summed E-state index contributed by atoms with van der Waals surface area (Å²) in [5, 5.41) is 0. The quantitative estimate of drug-likeness (QED) is 0.533. The van der Waals surface area contributed by atoms with E-state index in [1.54, 1.807) is 0 Å². The molecule has 0 aliphatic heterocycles. The molecule has 0 aromatic heterocycles. The number of nitrogens with two attached hydrogens (primary N) is 2. The Hall–Kier alpha value is -1.72. The number of rotatable bonds is 8. The normalized spacial score (nSPS) is 13.6. The predicted octanol–water partition coefficient (Wildman–Crippen LogP) is 0.754. The summed E-state index contributed by atoms with van der Waals surface area (Å²) in [5.74, 6) is -0.427. The number of carbonyl (C=O) groups excluding carboxylic acids is 2. The van der Waals surface area contributed by atoms with E-state index in [-0.39, 0.29) is 6.61 Å². The summed E-state index contributed by atoms with van der Waals surface area (Å²) < 4.78 is 5.11.